The maximum absolute atomic E-state index is 13.1. The molecule has 0 aromatic heterocycles. The Labute approximate surface area is 199 Å². The second kappa shape index (κ2) is 10.5. The summed E-state index contributed by atoms with van der Waals surface area (Å²) in [6, 6.07) is 20.3. The summed E-state index contributed by atoms with van der Waals surface area (Å²) in [5, 5.41) is 0.694. The number of methoxy groups -OCH3 is 1. The third kappa shape index (κ3) is 5.56. The van der Waals surface area contributed by atoms with Crippen LogP contribution < -0.4 is 14.2 Å². The van der Waals surface area contributed by atoms with Crippen molar-refractivity contribution in [3.05, 3.63) is 95.3 Å². The molecule has 0 spiro atoms. The Kier molecular flexibility index (Phi) is 7.47. The quantitative estimate of drug-likeness (QED) is 0.496. The van der Waals surface area contributed by atoms with Crippen molar-refractivity contribution in [3.63, 3.8) is 0 Å². The van der Waals surface area contributed by atoms with E-state index in [0.29, 0.717) is 23.7 Å². The van der Waals surface area contributed by atoms with Gasteiger partial charge in [0.2, 0.25) is 10.0 Å². The highest BCUT2D eigenvalue weighted by atomic mass is 32.2. The van der Waals surface area contributed by atoms with Crippen molar-refractivity contribution < 1.29 is 27.1 Å². The van der Waals surface area contributed by atoms with Crippen molar-refractivity contribution in [3.8, 4) is 11.5 Å². The van der Waals surface area contributed by atoms with Gasteiger partial charge in [0.05, 0.1) is 19.8 Å². The standard InChI is InChI=1S/C25H27FN2O5S/c1-28-25(24(17-33-28)34(29,30)27-15-18-8-11-21(26)12-9-18)20-10-13-22(23(14-20)31-2)32-16-19-6-4-3-5-7-19/h3-14,24-25,27H,15-17H2,1-2H3. The minimum absolute atomic E-state index is 0.00842. The number of nitrogens with zero attached hydrogens (tertiary/aromatic N) is 1. The van der Waals surface area contributed by atoms with E-state index < -0.39 is 21.3 Å². The number of hydroxylamine groups is 2. The molecule has 1 fully saturated rings. The molecule has 1 aliphatic rings. The average molecular weight is 487 g/mol. The van der Waals surface area contributed by atoms with E-state index in [4.69, 9.17) is 14.3 Å². The molecule has 1 heterocycles. The molecule has 2 unspecified atom stereocenters. The number of nitrogens with one attached hydrogen (secondary N) is 1. The summed E-state index contributed by atoms with van der Waals surface area (Å²) in [4.78, 5) is 5.59. The predicted octanol–water partition coefficient (Wildman–Crippen LogP) is 3.82. The largest absolute Gasteiger partial charge is 0.493 e. The van der Waals surface area contributed by atoms with E-state index in [-0.39, 0.29) is 19.0 Å². The van der Waals surface area contributed by atoms with Gasteiger partial charge < -0.3 is 9.47 Å². The van der Waals surface area contributed by atoms with Crippen molar-refractivity contribution in [2.75, 3.05) is 20.8 Å². The van der Waals surface area contributed by atoms with Crippen molar-refractivity contribution >= 4 is 10.0 Å². The number of ether oxygens (including phenoxy) is 2. The van der Waals surface area contributed by atoms with Gasteiger partial charge in [0.25, 0.3) is 0 Å². The van der Waals surface area contributed by atoms with E-state index >= 15 is 0 Å². The van der Waals surface area contributed by atoms with E-state index in [1.54, 1.807) is 43.5 Å². The van der Waals surface area contributed by atoms with Crippen LogP contribution in [0.1, 0.15) is 22.7 Å². The molecule has 4 rings (SSSR count). The summed E-state index contributed by atoms with van der Waals surface area (Å²) in [6.45, 7) is 0.451. The van der Waals surface area contributed by atoms with Gasteiger partial charge in [-0.3, -0.25) is 4.84 Å². The van der Waals surface area contributed by atoms with Crippen molar-refractivity contribution in [1.29, 1.82) is 0 Å². The molecular formula is C25H27FN2O5S. The van der Waals surface area contributed by atoms with E-state index in [9.17, 15) is 12.8 Å². The van der Waals surface area contributed by atoms with E-state index in [0.717, 1.165) is 11.1 Å². The maximum Gasteiger partial charge on any atom is 0.219 e. The first kappa shape index (κ1) is 24.2. The molecule has 0 saturated carbocycles. The Bertz CT molecular complexity index is 1210. The third-order valence-electron chi connectivity index (χ3n) is 5.74. The molecule has 34 heavy (non-hydrogen) atoms. The Morgan fingerprint density at radius 2 is 1.76 bits per heavy atom. The summed E-state index contributed by atoms with van der Waals surface area (Å²) in [5.74, 6) is 0.692. The SMILES string of the molecule is COc1cc(C2C(S(=O)(=O)NCc3ccc(F)cc3)CON2C)ccc1OCc1ccccc1. The number of hydrogen-bond acceptors (Lipinski definition) is 6. The highest BCUT2D eigenvalue weighted by Gasteiger charge is 2.43. The molecule has 9 heteroatoms. The molecule has 7 nitrogen and oxygen atoms in total. The summed E-state index contributed by atoms with van der Waals surface area (Å²) >= 11 is 0. The second-order valence-corrected chi connectivity index (χ2v) is 9.99. The van der Waals surface area contributed by atoms with Crippen LogP contribution in [0.15, 0.2) is 72.8 Å². The fraction of sp³-hybridized carbons (Fsp3) is 0.280. The monoisotopic (exact) mass is 486 g/mol. The Morgan fingerprint density at radius 1 is 1.03 bits per heavy atom. The molecule has 1 saturated heterocycles. The van der Waals surface area contributed by atoms with Gasteiger partial charge in [-0.05, 0) is 41.0 Å². The zero-order chi connectivity index (χ0) is 24.1. The van der Waals surface area contributed by atoms with Gasteiger partial charge in [-0.25, -0.2) is 17.5 Å². The first-order valence-electron chi connectivity index (χ1n) is 10.8. The molecular weight excluding hydrogens is 459 g/mol. The molecule has 0 bridgehead atoms. The first-order chi connectivity index (χ1) is 16.4. The van der Waals surface area contributed by atoms with Crippen LogP contribution in [0, 0.1) is 5.82 Å². The van der Waals surface area contributed by atoms with E-state index in [1.165, 1.54) is 12.1 Å². The van der Waals surface area contributed by atoms with Crippen LogP contribution in [0.4, 0.5) is 4.39 Å². The zero-order valence-corrected chi connectivity index (χ0v) is 19.8. The fourth-order valence-corrected chi connectivity index (χ4v) is 5.39. The van der Waals surface area contributed by atoms with Gasteiger partial charge in [-0.2, -0.15) is 5.06 Å². The average Bonchev–Trinajstić information content (AvgIpc) is 3.25. The molecule has 0 amide bonds. The number of hydrogen-bond donors (Lipinski definition) is 1. The highest BCUT2D eigenvalue weighted by molar-refractivity contribution is 7.90. The lowest BCUT2D eigenvalue weighted by Crippen LogP contribution is -2.39. The lowest BCUT2D eigenvalue weighted by molar-refractivity contribution is -0.110. The second-order valence-electron chi connectivity index (χ2n) is 8.00. The van der Waals surface area contributed by atoms with Gasteiger partial charge in [0.1, 0.15) is 17.7 Å². The highest BCUT2D eigenvalue weighted by Crippen LogP contribution is 2.38. The maximum atomic E-state index is 13.1. The summed E-state index contributed by atoms with van der Waals surface area (Å²) in [6.07, 6.45) is 0. The number of sulfonamides is 1. The van der Waals surface area contributed by atoms with Crippen LogP contribution in [0.5, 0.6) is 11.5 Å². The normalized spacial score (nSPS) is 18.7. The van der Waals surface area contributed by atoms with E-state index in [1.807, 2.05) is 36.4 Å². The summed E-state index contributed by atoms with van der Waals surface area (Å²) in [5.41, 5.74) is 2.41. The predicted molar refractivity (Wildman–Crippen MR) is 126 cm³/mol. The van der Waals surface area contributed by atoms with Crippen LogP contribution >= 0.6 is 0 Å². The molecule has 3 aromatic rings. The molecule has 3 aromatic carbocycles. The molecule has 0 aliphatic carbocycles. The molecule has 2 atom stereocenters. The summed E-state index contributed by atoms with van der Waals surface area (Å²) < 4.78 is 53.5. The lowest BCUT2D eigenvalue weighted by atomic mass is 10.0. The van der Waals surface area contributed by atoms with Crippen molar-refractivity contribution in [1.82, 2.24) is 9.79 Å². The van der Waals surface area contributed by atoms with Gasteiger partial charge in [-0.15, -0.1) is 0 Å². The number of halogens is 1. The van der Waals surface area contributed by atoms with Crippen LogP contribution in [-0.2, 0) is 28.0 Å². The van der Waals surface area contributed by atoms with Crippen molar-refractivity contribution in [2.24, 2.45) is 0 Å². The smallest absolute Gasteiger partial charge is 0.219 e. The van der Waals surface area contributed by atoms with Gasteiger partial charge in [0.15, 0.2) is 11.5 Å². The minimum atomic E-state index is -3.76. The van der Waals surface area contributed by atoms with E-state index in [2.05, 4.69) is 4.72 Å². The van der Waals surface area contributed by atoms with Crippen LogP contribution in [0.2, 0.25) is 0 Å². The van der Waals surface area contributed by atoms with Gasteiger partial charge in [0, 0.05) is 13.6 Å². The molecule has 1 aliphatic heterocycles. The number of benzene rings is 3. The van der Waals surface area contributed by atoms with Crippen LogP contribution in [-0.4, -0.2) is 39.5 Å². The topological polar surface area (TPSA) is 77.1 Å². The zero-order valence-electron chi connectivity index (χ0n) is 19.0. The van der Waals surface area contributed by atoms with Crippen molar-refractivity contribution in [2.45, 2.75) is 24.4 Å². The lowest BCUT2D eigenvalue weighted by Gasteiger charge is -2.24. The minimum Gasteiger partial charge on any atom is -0.493 e. The Morgan fingerprint density at radius 3 is 2.47 bits per heavy atom. The molecule has 180 valence electrons. The third-order valence-corrected chi connectivity index (χ3v) is 7.48. The Hall–Kier alpha value is -2.98. The number of rotatable bonds is 9. The van der Waals surface area contributed by atoms with Crippen LogP contribution in [0.25, 0.3) is 0 Å². The summed E-state index contributed by atoms with van der Waals surface area (Å²) in [7, 11) is -0.513. The fourth-order valence-electron chi connectivity index (χ4n) is 3.90. The molecule has 1 N–H and O–H groups in total. The van der Waals surface area contributed by atoms with Crippen LogP contribution in [0.3, 0.4) is 0 Å². The first-order valence-corrected chi connectivity index (χ1v) is 12.4. The van der Waals surface area contributed by atoms with Gasteiger partial charge in [-0.1, -0.05) is 48.5 Å². The van der Waals surface area contributed by atoms with Gasteiger partial charge >= 0.3 is 0 Å². The molecule has 0 radical (unpaired) electrons. The Balaban J connectivity index is 1.51.